The molecule has 7 nitrogen and oxygen atoms in total. The summed E-state index contributed by atoms with van der Waals surface area (Å²) in [6.45, 7) is 0.120. The normalized spacial score (nSPS) is 10.0. The van der Waals surface area contributed by atoms with Crippen molar-refractivity contribution in [2.75, 3.05) is 13.2 Å². The van der Waals surface area contributed by atoms with Crippen LogP contribution in [0, 0.1) is 10.1 Å². The van der Waals surface area contributed by atoms with Gasteiger partial charge in [0.05, 0.1) is 4.92 Å². The van der Waals surface area contributed by atoms with Crippen molar-refractivity contribution < 1.29 is 24.3 Å². The van der Waals surface area contributed by atoms with Gasteiger partial charge in [-0.05, 0) is 18.2 Å². The Morgan fingerprint density at radius 2 is 1.55 bits per heavy atom. The maximum Gasteiger partial charge on any atom is 0.339 e. The summed E-state index contributed by atoms with van der Waals surface area (Å²) in [4.78, 5) is 21.3. The van der Waals surface area contributed by atoms with Crippen LogP contribution in [0.3, 0.4) is 0 Å². The SMILES string of the molecule is O=C(O)c1ccccc1OCCOc1ccccc1[N+](=O)[O-]. The molecule has 0 radical (unpaired) electrons. The van der Waals surface area contributed by atoms with Crippen molar-refractivity contribution >= 4 is 11.7 Å². The van der Waals surface area contributed by atoms with Crippen LogP contribution in [-0.4, -0.2) is 29.2 Å². The molecule has 1 N–H and O–H groups in total. The molecule has 22 heavy (non-hydrogen) atoms. The molecule has 0 saturated carbocycles. The smallest absolute Gasteiger partial charge is 0.339 e. The number of rotatable bonds is 7. The fourth-order valence-electron chi connectivity index (χ4n) is 1.80. The molecular weight excluding hydrogens is 290 g/mol. The van der Waals surface area contributed by atoms with E-state index in [1.54, 1.807) is 24.3 Å². The maximum atomic E-state index is 11.0. The Morgan fingerprint density at radius 1 is 1.00 bits per heavy atom. The van der Waals surface area contributed by atoms with E-state index < -0.39 is 10.9 Å². The van der Waals surface area contributed by atoms with Gasteiger partial charge in [0, 0.05) is 6.07 Å². The van der Waals surface area contributed by atoms with Gasteiger partial charge in [0.15, 0.2) is 5.75 Å². The predicted octanol–water partition coefficient (Wildman–Crippen LogP) is 2.75. The summed E-state index contributed by atoms with van der Waals surface area (Å²) in [5, 5.41) is 19.8. The standard InChI is InChI=1S/C15H13NO6/c17-15(18)11-5-1-3-7-13(11)21-9-10-22-14-8-4-2-6-12(14)16(19)20/h1-8H,9-10H2,(H,17,18). The molecule has 0 fully saturated rings. The van der Waals surface area contributed by atoms with E-state index in [0.717, 1.165) is 0 Å². The number of hydrogen-bond donors (Lipinski definition) is 1. The maximum absolute atomic E-state index is 11.0. The van der Waals surface area contributed by atoms with E-state index >= 15 is 0 Å². The minimum absolute atomic E-state index is 0.0493. The predicted molar refractivity (Wildman–Crippen MR) is 77.5 cm³/mol. The van der Waals surface area contributed by atoms with E-state index in [2.05, 4.69) is 0 Å². The average molecular weight is 303 g/mol. The molecule has 0 aromatic heterocycles. The molecule has 0 saturated heterocycles. The summed E-state index contributed by atoms with van der Waals surface area (Å²) >= 11 is 0. The molecule has 0 atom stereocenters. The summed E-state index contributed by atoms with van der Waals surface area (Å²) in [5.74, 6) is -0.723. The number of nitro groups is 1. The summed E-state index contributed by atoms with van der Waals surface area (Å²) < 4.78 is 10.7. The largest absolute Gasteiger partial charge is 0.489 e. The Hall–Kier alpha value is -3.09. The van der Waals surface area contributed by atoms with Gasteiger partial charge in [-0.25, -0.2) is 4.79 Å². The van der Waals surface area contributed by atoms with E-state index in [0.29, 0.717) is 0 Å². The lowest BCUT2D eigenvalue weighted by Crippen LogP contribution is -2.11. The average Bonchev–Trinajstić information content (AvgIpc) is 2.52. The number of aromatic carboxylic acids is 1. The molecule has 2 aromatic rings. The number of para-hydroxylation sites is 3. The third-order valence-corrected chi connectivity index (χ3v) is 2.78. The number of nitrogens with zero attached hydrogens (tertiary/aromatic N) is 1. The first kappa shape index (κ1) is 15.3. The molecule has 0 aliphatic carbocycles. The Bertz CT molecular complexity index is 626. The highest BCUT2D eigenvalue weighted by atomic mass is 16.6. The Kier molecular flexibility index (Phi) is 4.92. The first-order valence-corrected chi connectivity index (χ1v) is 6.41. The van der Waals surface area contributed by atoms with Crippen LogP contribution in [0.15, 0.2) is 48.5 Å². The molecule has 0 aliphatic heterocycles. The number of benzene rings is 2. The van der Waals surface area contributed by atoms with Crippen molar-refractivity contribution in [3.05, 3.63) is 64.2 Å². The third-order valence-electron chi connectivity index (χ3n) is 2.78. The van der Waals surface area contributed by atoms with Crippen LogP contribution in [0.1, 0.15) is 10.4 Å². The van der Waals surface area contributed by atoms with Crippen molar-refractivity contribution in [2.24, 2.45) is 0 Å². The highest BCUT2D eigenvalue weighted by molar-refractivity contribution is 5.90. The van der Waals surface area contributed by atoms with E-state index in [4.69, 9.17) is 14.6 Å². The minimum Gasteiger partial charge on any atom is -0.489 e. The lowest BCUT2D eigenvalue weighted by atomic mass is 10.2. The van der Waals surface area contributed by atoms with Gasteiger partial charge >= 0.3 is 11.7 Å². The molecule has 0 heterocycles. The van der Waals surface area contributed by atoms with Gasteiger partial charge < -0.3 is 14.6 Å². The van der Waals surface area contributed by atoms with Gasteiger partial charge in [0.1, 0.15) is 24.5 Å². The molecule has 2 rings (SSSR count). The Balaban J connectivity index is 1.93. The zero-order valence-electron chi connectivity index (χ0n) is 11.5. The number of nitro benzene ring substituents is 1. The van der Waals surface area contributed by atoms with Gasteiger partial charge in [-0.2, -0.15) is 0 Å². The third kappa shape index (κ3) is 3.72. The summed E-state index contributed by atoms with van der Waals surface area (Å²) in [6, 6.07) is 12.2. The van der Waals surface area contributed by atoms with Crippen LogP contribution >= 0.6 is 0 Å². The van der Waals surface area contributed by atoms with E-state index in [1.807, 2.05) is 0 Å². The highest BCUT2D eigenvalue weighted by Gasteiger charge is 2.14. The first-order valence-electron chi connectivity index (χ1n) is 6.41. The molecule has 0 amide bonds. The molecular formula is C15H13NO6. The molecule has 2 aromatic carbocycles. The lowest BCUT2D eigenvalue weighted by molar-refractivity contribution is -0.385. The van der Waals surface area contributed by atoms with Crippen LogP contribution in [0.4, 0.5) is 5.69 Å². The second-order valence-corrected chi connectivity index (χ2v) is 4.22. The van der Waals surface area contributed by atoms with E-state index in [-0.39, 0.29) is 36.0 Å². The molecule has 114 valence electrons. The van der Waals surface area contributed by atoms with Crippen LogP contribution in [0.25, 0.3) is 0 Å². The molecule has 0 spiro atoms. The number of carboxylic acids is 1. The summed E-state index contributed by atoms with van der Waals surface area (Å²) in [5.41, 5.74) is -0.0818. The lowest BCUT2D eigenvalue weighted by Gasteiger charge is -2.10. The molecule has 0 unspecified atom stereocenters. The van der Waals surface area contributed by atoms with Crippen LogP contribution < -0.4 is 9.47 Å². The van der Waals surface area contributed by atoms with Gasteiger partial charge in [0.25, 0.3) is 0 Å². The first-order chi connectivity index (χ1) is 10.6. The van der Waals surface area contributed by atoms with Crippen molar-refractivity contribution in [2.45, 2.75) is 0 Å². The topological polar surface area (TPSA) is 98.9 Å². The van der Waals surface area contributed by atoms with Gasteiger partial charge in [-0.15, -0.1) is 0 Å². The number of carbonyl (C=O) groups is 1. The van der Waals surface area contributed by atoms with Crippen LogP contribution in [0.2, 0.25) is 0 Å². The minimum atomic E-state index is -1.09. The van der Waals surface area contributed by atoms with Crippen molar-refractivity contribution in [3.8, 4) is 11.5 Å². The van der Waals surface area contributed by atoms with Crippen LogP contribution in [-0.2, 0) is 0 Å². The fourth-order valence-corrected chi connectivity index (χ4v) is 1.80. The second kappa shape index (κ2) is 7.07. The number of ether oxygens (including phenoxy) is 2. The monoisotopic (exact) mass is 303 g/mol. The van der Waals surface area contributed by atoms with Crippen LogP contribution in [0.5, 0.6) is 11.5 Å². The van der Waals surface area contributed by atoms with Gasteiger partial charge in [-0.3, -0.25) is 10.1 Å². The van der Waals surface area contributed by atoms with Crippen molar-refractivity contribution in [3.63, 3.8) is 0 Å². The Morgan fingerprint density at radius 3 is 2.18 bits per heavy atom. The fraction of sp³-hybridized carbons (Fsp3) is 0.133. The van der Waals surface area contributed by atoms with Gasteiger partial charge in [0.2, 0.25) is 0 Å². The quantitative estimate of drug-likeness (QED) is 0.479. The van der Waals surface area contributed by atoms with Crippen molar-refractivity contribution in [1.29, 1.82) is 0 Å². The number of hydrogen-bond acceptors (Lipinski definition) is 5. The molecule has 0 bridgehead atoms. The van der Waals surface area contributed by atoms with E-state index in [1.165, 1.54) is 24.3 Å². The summed E-state index contributed by atoms with van der Waals surface area (Å²) in [6.07, 6.45) is 0. The zero-order valence-corrected chi connectivity index (χ0v) is 11.5. The highest BCUT2D eigenvalue weighted by Crippen LogP contribution is 2.25. The van der Waals surface area contributed by atoms with E-state index in [9.17, 15) is 14.9 Å². The Labute approximate surface area is 125 Å². The van der Waals surface area contributed by atoms with Gasteiger partial charge in [-0.1, -0.05) is 24.3 Å². The molecule has 7 heteroatoms. The second-order valence-electron chi connectivity index (χ2n) is 4.22. The summed E-state index contributed by atoms with van der Waals surface area (Å²) in [7, 11) is 0. The number of carboxylic acid groups (broad SMARTS) is 1. The van der Waals surface area contributed by atoms with Crippen molar-refractivity contribution in [1.82, 2.24) is 0 Å². The zero-order chi connectivity index (χ0) is 15.9. The molecule has 0 aliphatic rings.